The summed E-state index contributed by atoms with van der Waals surface area (Å²) in [5, 5.41) is 0. The highest BCUT2D eigenvalue weighted by Crippen LogP contribution is 2.30. The minimum atomic E-state index is 0.547. The first-order chi connectivity index (χ1) is 14.8. The van der Waals surface area contributed by atoms with E-state index >= 15 is 0 Å². The van der Waals surface area contributed by atoms with Gasteiger partial charge >= 0.3 is 0 Å². The van der Waals surface area contributed by atoms with Crippen LogP contribution in [0.25, 0.3) is 0 Å². The Kier molecular flexibility index (Phi) is 7.04. The number of benzene rings is 3. The predicted octanol–water partition coefficient (Wildman–Crippen LogP) is 5.73. The first-order valence-electron chi connectivity index (χ1n) is 10.9. The normalized spacial score (nSPS) is 15.1. The summed E-state index contributed by atoms with van der Waals surface area (Å²) in [4.78, 5) is 2.56. The van der Waals surface area contributed by atoms with Crippen LogP contribution in [-0.2, 0) is 19.6 Å². The van der Waals surface area contributed by atoms with E-state index in [1.807, 2.05) is 24.3 Å². The summed E-state index contributed by atoms with van der Waals surface area (Å²) in [5.41, 5.74) is 3.90. The Hall–Kier alpha value is -2.78. The summed E-state index contributed by atoms with van der Waals surface area (Å²) in [6.07, 6.45) is 3.74. The van der Waals surface area contributed by atoms with Crippen LogP contribution in [0.2, 0.25) is 0 Å². The Morgan fingerprint density at radius 2 is 1.43 bits per heavy atom. The second kappa shape index (κ2) is 10.3. The van der Waals surface area contributed by atoms with Crippen molar-refractivity contribution >= 4 is 0 Å². The fraction of sp³-hybridized carbons (Fsp3) is 0.333. The van der Waals surface area contributed by atoms with Gasteiger partial charge in [-0.25, -0.2) is 0 Å². The third kappa shape index (κ3) is 5.64. The molecule has 0 N–H and O–H groups in total. The first kappa shape index (κ1) is 20.5. The molecule has 1 fully saturated rings. The van der Waals surface area contributed by atoms with E-state index < -0.39 is 0 Å². The lowest BCUT2D eigenvalue weighted by Crippen LogP contribution is -2.33. The van der Waals surface area contributed by atoms with Crippen LogP contribution in [0.15, 0.2) is 78.9 Å². The summed E-state index contributed by atoms with van der Waals surface area (Å²) in [6, 6.07) is 27.4. The van der Waals surface area contributed by atoms with E-state index in [1.54, 1.807) is 7.11 Å². The van der Waals surface area contributed by atoms with Crippen LogP contribution in [0.4, 0.5) is 0 Å². The number of methoxy groups -OCH3 is 1. The van der Waals surface area contributed by atoms with Crippen molar-refractivity contribution in [2.75, 3.05) is 20.2 Å². The van der Waals surface area contributed by atoms with E-state index in [1.165, 1.54) is 30.4 Å². The molecular weight excluding hydrogens is 370 g/mol. The van der Waals surface area contributed by atoms with Gasteiger partial charge in [0, 0.05) is 6.54 Å². The molecule has 4 rings (SSSR count). The molecule has 1 aliphatic heterocycles. The van der Waals surface area contributed by atoms with E-state index in [9.17, 15) is 0 Å². The Morgan fingerprint density at radius 3 is 2.10 bits per heavy atom. The van der Waals surface area contributed by atoms with Gasteiger partial charge in [-0.3, -0.25) is 4.90 Å². The second-order valence-electron chi connectivity index (χ2n) is 8.17. The molecule has 1 saturated heterocycles. The number of nitrogens with zero attached hydrogens (tertiary/aromatic N) is 1. The van der Waals surface area contributed by atoms with Crippen molar-refractivity contribution in [3.8, 4) is 11.5 Å². The van der Waals surface area contributed by atoms with E-state index in [-0.39, 0.29) is 0 Å². The zero-order chi connectivity index (χ0) is 20.6. The van der Waals surface area contributed by atoms with E-state index in [4.69, 9.17) is 9.47 Å². The van der Waals surface area contributed by atoms with E-state index in [0.29, 0.717) is 6.61 Å². The molecule has 0 bridgehead atoms. The fourth-order valence-corrected chi connectivity index (χ4v) is 4.22. The zero-order valence-corrected chi connectivity index (χ0v) is 17.8. The quantitative estimate of drug-likeness (QED) is 0.481. The molecular formula is C27H31NO2. The van der Waals surface area contributed by atoms with Crippen molar-refractivity contribution in [3.63, 3.8) is 0 Å². The topological polar surface area (TPSA) is 21.7 Å². The van der Waals surface area contributed by atoms with Crippen molar-refractivity contribution in [3.05, 3.63) is 95.6 Å². The highest BCUT2D eigenvalue weighted by atomic mass is 16.5. The lowest BCUT2D eigenvalue weighted by Gasteiger charge is -2.32. The zero-order valence-electron chi connectivity index (χ0n) is 17.8. The molecule has 3 nitrogen and oxygen atoms in total. The minimum absolute atomic E-state index is 0.547. The van der Waals surface area contributed by atoms with Gasteiger partial charge in [0.2, 0.25) is 0 Å². The van der Waals surface area contributed by atoms with Gasteiger partial charge in [0.15, 0.2) is 11.5 Å². The summed E-state index contributed by atoms with van der Waals surface area (Å²) in [5.74, 6) is 2.40. The molecule has 1 aliphatic rings. The van der Waals surface area contributed by atoms with Crippen LogP contribution in [0.5, 0.6) is 11.5 Å². The summed E-state index contributed by atoms with van der Waals surface area (Å²) in [7, 11) is 1.71. The third-order valence-electron chi connectivity index (χ3n) is 5.95. The molecule has 1 heterocycles. The molecule has 156 valence electrons. The molecule has 0 saturated carbocycles. The SMILES string of the molecule is COc1cc(CN2CCC(Cc3ccccc3)CC2)ccc1OCc1ccccc1. The monoisotopic (exact) mass is 401 g/mol. The number of hydrogen-bond donors (Lipinski definition) is 0. The van der Waals surface area contributed by atoms with Gasteiger partial charge in [-0.05, 0) is 67.1 Å². The Labute approximate surface area is 180 Å². The molecule has 3 aromatic carbocycles. The van der Waals surface area contributed by atoms with Gasteiger partial charge in [-0.15, -0.1) is 0 Å². The maximum atomic E-state index is 5.99. The molecule has 0 aromatic heterocycles. The Bertz CT molecular complexity index is 903. The van der Waals surface area contributed by atoms with Gasteiger partial charge in [0.25, 0.3) is 0 Å². The van der Waals surface area contributed by atoms with Crippen LogP contribution in [0, 0.1) is 5.92 Å². The van der Waals surface area contributed by atoms with Gasteiger partial charge in [-0.1, -0.05) is 66.7 Å². The average Bonchev–Trinajstić information content (AvgIpc) is 2.81. The molecule has 0 unspecified atom stereocenters. The van der Waals surface area contributed by atoms with Crippen molar-refractivity contribution < 1.29 is 9.47 Å². The Morgan fingerprint density at radius 1 is 0.767 bits per heavy atom. The number of likely N-dealkylation sites (tertiary alicyclic amines) is 1. The fourth-order valence-electron chi connectivity index (χ4n) is 4.22. The summed E-state index contributed by atoms with van der Waals surface area (Å²) < 4.78 is 11.6. The smallest absolute Gasteiger partial charge is 0.161 e. The number of piperidine rings is 1. The minimum Gasteiger partial charge on any atom is -0.493 e. The van der Waals surface area contributed by atoms with Crippen LogP contribution < -0.4 is 9.47 Å². The molecule has 0 spiro atoms. The average molecular weight is 402 g/mol. The standard InChI is InChI=1S/C27H31NO2/c1-29-27-19-25(12-13-26(27)30-21-24-10-6-3-7-11-24)20-28-16-14-23(15-17-28)18-22-8-4-2-5-9-22/h2-13,19,23H,14-18,20-21H2,1H3. The van der Waals surface area contributed by atoms with Crippen molar-refractivity contribution in [2.24, 2.45) is 5.92 Å². The highest BCUT2D eigenvalue weighted by Gasteiger charge is 2.20. The number of hydrogen-bond acceptors (Lipinski definition) is 3. The van der Waals surface area contributed by atoms with Gasteiger partial charge < -0.3 is 9.47 Å². The molecule has 0 radical (unpaired) electrons. The lowest BCUT2D eigenvalue weighted by atomic mass is 9.90. The first-order valence-corrected chi connectivity index (χ1v) is 10.9. The Balaban J connectivity index is 1.29. The maximum Gasteiger partial charge on any atom is 0.161 e. The predicted molar refractivity (Wildman–Crippen MR) is 122 cm³/mol. The van der Waals surface area contributed by atoms with Crippen molar-refractivity contribution in [1.29, 1.82) is 0 Å². The molecule has 0 atom stereocenters. The van der Waals surface area contributed by atoms with Crippen LogP contribution in [0.1, 0.15) is 29.5 Å². The van der Waals surface area contributed by atoms with Crippen molar-refractivity contribution in [1.82, 2.24) is 4.90 Å². The van der Waals surface area contributed by atoms with Crippen LogP contribution in [0.3, 0.4) is 0 Å². The van der Waals surface area contributed by atoms with Crippen LogP contribution in [-0.4, -0.2) is 25.1 Å². The molecule has 3 heteroatoms. The number of ether oxygens (including phenoxy) is 2. The molecule has 0 aliphatic carbocycles. The largest absolute Gasteiger partial charge is 0.493 e. The summed E-state index contributed by atoms with van der Waals surface area (Å²) >= 11 is 0. The van der Waals surface area contributed by atoms with Gasteiger partial charge in [-0.2, -0.15) is 0 Å². The second-order valence-corrected chi connectivity index (χ2v) is 8.17. The van der Waals surface area contributed by atoms with E-state index in [0.717, 1.165) is 42.6 Å². The maximum absolute atomic E-state index is 5.99. The van der Waals surface area contributed by atoms with E-state index in [2.05, 4.69) is 59.5 Å². The van der Waals surface area contributed by atoms with Gasteiger partial charge in [0.05, 0.1) is 7.11 Å². The van der Waals surface area contributed by atoms with Crippen molar-refractivity contribution in [2.45, 2.75) is 32.4 Å². The summed E-state index contributed by atoms with van der Waals surface area (Å²) in [6.45, 7) is 3.83. The van der Waals surface area contributed by atoms with Crippen LogP contribution >= 0.6 is 0 Å². The highest BCUT2D eigenvalue weighted by molar-refractivity contribution is 5.43. The number of rotatable bonds is 8. The van der Waals surface area contributed by atoms with Gasteiger partial charge in [0.1, 0.15) is 6.61 Å². The molecule has 30 heavy (non-hydrogen) atoms. The molecule has 3 aromatic rings. The third-order valence-corrected chi connectivity index (χ3v) is 5.95. The molecule has 0 amide bonds. The lowest BCUT2D eigenvalue weighted by molar-refractivity contribution is 0.177.